The number of anilines is 2. The van der Waals surface area contributed by atoms with Gasteiger partial charge in [0, 0.05) is 17.3 Å². The third kappa shape index (κ3) is 4.37. The molecule has 0 spiro atoms. The van der Waals surface area contributed by atoms with Crippen molar-refractivity contribution < 1.29 is 4.79 Å². The molecule has 2 aromatic carbocycles. The zero-order valence-corrected chi connectivity index (χ0v) is 18.9. The van der Waals surface area contributed by atoms with Crippen LogP contribution in [0.3, 0.4) is 0 Å². The molecule has 0 saturated carbocycles. The Hall–Kier alpha value is -2.77. The number of nitrogens with zero attached hydrogens (tertiary/aromatic N) is 2. The number of amides is 1. The molecule has 156 valence electrons. The fourth-order valence-electron chi connectivity index (χ4n) is 4.61. The molecule has 1 amide bonds. The number of nitriles is 1. The molecule has 0 radical (unpaired) electrons. The zero-order valence-electron chi connectivity index (χ0n) is 18.2. The molecule has 0 aliphatic carbocycles. The van der Waals surface area contributed by atoms with Crippen LogP contribution in [0.15, 0.2) is 48.0 Å². The Kier molecular flexibility index (Phi) is 6.24. The second-order valence-electron chi connectivity index (χ2n) is 8.80. The molecule has 0 fully saturated rings. The molecule has 0 unspecified atom stereocenters. The summed E-state index contributed by atoms with van der Waals surface area (Å²) >= 11 is 6.11. The number of fused-ring (bicyclic) bond motifs is 1. The van der Waals surface area contributed by atoms with Gasteiger partial charge in [-0.25, -0.2) is 0 Å². The molecule has 4 nitrogen and oxygen atoms in total. The Bertz CT molecular complexity index is 1030. The van der Waals surface area contributed by atoms with Gasteiger partial charge in [0.2, 0.25) is 0 Å². The Morgan fingerprint density at radius 1 is 1.30 bits per heavy atom. The lowest BCUT2D eigenvalue weighted by Crippen LogP contribution is -2.51. The predicted molar refractivity (Wildman–Crippen MR) is 125 cm³/mol. The van der Waals surface area contributed by atoms with Crippen LogP contribution < -0.4 is 10.2 Å². The second kappa shape index (κ2) is 8.53. The van der Waals surface area contributed by atoms with Crippen LogP contribution >= 0.6 is 11.6 Å². The van der Waals surface area contributed by atoms with E-state index in [-0.39, 0.29) is 11.1 Å². The quantitative estimate of drug-likeness (QED) is 0.459. The summed E-state index contributed by atoms with van der Waals surface area (Å²) in [6.07, 6.45) is 2.68. The van der Waals surface area contributed by atoms with E-state index < -0.39 is 5.91 Å². The normalized spacial score (nSPS) is 18.0. The van der Waals surface area contributed by atoms with Gasteiger partial charge in [-0.05, 0) is 81.5 Å². The third-order valence-corrected chi connectivity index (χ3v) is 5.94. The molecule has 1 aliphatic rings. The van der Waals surface area contributed by atoms with Crippen molar-refractivity contribution in [3.05, 3.63) is 64.2 Å². The number of hydrogen-bond acceptors (Lipinski definition) is 3. The van der Waals surface area contributed by atoms with Gasteiger partial charge in [-0.2, -0.15) is 5.26 Å². The number of rotatable bonds is 4. The van der Waals surface area contributed by atoms with Gasteiger partial charge in [0.1, 0.15) is 11.6 Å². The van der Waals surface area contributed by atoms with E-state index in [1.165, 1.54) is 11.3 Å². The first-order valence-electron chi connectivity index (χ1n) is 10.2. The first-order valence-corrected chi connectivity index (χ1v) is 10.6. The van der Waals surface area contributed by atoms with Crippen LogP contribution in [0.25, 0.3) is 6.08 Å². The lowest BCUT2D eigenvalue weighted by Gasteiger charge is -2.50. The Morgan fingerprint density at radius 3 is 2.63 bits per heavy atom. The number of halogens is 1. The van der Waals surface area contributed by atoms with E-state index in [2.05, 4.69) is 57.0 Å². The van der Waals surface area contributed by atoms with Crippen molar-refractivity contribution in [2.24, 2.45) is 0 Å². The van der Waals surface area contributed by atoms with Gasteiger partial charge >= 0.3 is 0 Å². The summed E-state index contributed by atoms with van der Waals surface area (Å²) in [6.45, 7) is 11.2. The van der Waals surface area contributed by atoms with E-state index in [0.29, 0.717) is 22.7 Å². The van der Waals surface area contributed by atoms with E-state index in [4.69, 9.17) is 11.6 Å². The Balaban J connectivity index is 1.94. The van der Waals surface area contributed by atoms with E-state index in [1.807, 2.05) is 12.1 Å². The van der Waals surface area contributed by atoms with Crippen molar-refractivity contribution in [1.29, 1.82) is 5.26 Å². The summed E-state index contributed by atoms with van der Waals surface area (Å²) in [6, 6.07) is 15.6. The Labute approximate surface area is 184 Å². The van der Waals surface area contributed by atoms with Crippen LogP contribution in [-0.2, 0) is 4.79 Å². The summed E-state index contributed by atoms with van der Waals surface area (Å²) in [5.41, 5.74) is 3.92. The lowest BCUT2D eigenvalue weighted by atomic mass is 9.79. The third-order valence-electron chi connectivity index (χ3n) is 5.61. The van der Waals surface area contributed by atoms with Crippen LogP contribution in [0.5, 0.6) is 0 Å². The summed E-state index contributed by atoms with van der Waals surface area (Å²) in [5, 5.41) is 12.7. The summed E-state index contributed by atoms with van der Waals surface area (Å²) in [7, 11) is 0. The van der Waals surface area contributed by atoms with E-state index in [1.54, 1.807) is 30.3 Å². The minimum absolute atomic E-state index is 0.0411. The standard InChI is InChI=1S/C25H28ClN3O/c1-16(2)29-23-11-10-18(13-20(23)17(3)14-25(29,4)5)12-19(15-27)24(30)28-22-9-7-6-8-21(22)26/h6-13,16-17H,14H2,1-5H3,(H,28,30)/b19-12-/t17-/m1/s1. The molecule has 3 rings (SSSR count). The molecule has 1 aliphatic heterocycles. The maximum Gasteiger partial charge on any atom is 0.266 e. The first kappa shape index (κ1) is 21.9. The minimum atomic E-state index is -0.471. The van der Waals surface area contributed by atoms with Crippen molar-refractivity contribution >= 4 is 35.0 Å². The largest absolute Gasteiger partial charge is 0.364 e. The molecule has 30 heavy (non-hydrogen) atoms. The molecule has 0 saturated heterocycles. The van der Waals surface area contributed by atoms with Gasteiger partial charge in [-0.3, -0.25) is 4.79 Å². The van der Waals surface area contributed by atoms with Crippen LogP contribution in [-0.4, -0.2) is 17.5 Å². The fourth-order valence-corrected chi connectivity index (χ4v) is 4.79. The van der Waals surface area contributed by atoms with Crippen molar-refractivity contribution in [3.8, 4) is 6.07 Å². The van der Waals surface area contributed by atoms with Crippen LogP contribution in [0, 0.1) is 11.3 Å². The number of carbonyl (C=O) groups excluding carboxylic acids is 1. The van der Waals surface area contributed by atoms with Gasteiger partial charge < -0.3 is 10.2 Å². The summed E-state index contributed by atoms with van der Waals surface area (Å²) in [4.78, 5) is 15.1. The molecule has 0 aromatic heterocycles. The molecule has 1 heterocycles. The van der Waals surface area contributed by atoms with Gasteiger partial charge in [-0.1, -0.05) is 36.7 Å². The molecular weight excluding hydrogens is 394 g/mol. The molecule has 1 N–H and O–H groups in total. The van der Waals surface area contributed by atoms with E-state index >= 15 is 0 Å². The first-order chi connectivity index (χ1) is 14.1. The van der Waals surface area contributed by atoms with Crippen LogP contribution in [0.1, 0.15) is 58.1 Å². The van der Waals surface area contributed by atoms with Crippen LogP contribution in [0.2, 0.25) is 5.02 Å². The number of benzene rings is 2. The molecule has 0 bridgehead atoms. The molecule has 1 atom stereocenters. The Morgan fingerprint density at radius 2 is 2.00 bits per heavy atom. The number of hydrogen-bond donors (Lipinski definition) is 1. The average Bonchev–Trinajstić information content (AvgIpc) is 2.67. The maximum absolute atomic E-state index is 12.6. The van der Waals surface area contributed by atoms with E-state index in [0.717, 1.165) is 12.0 Å². The topological polar surface area (TPSA) is 56.1 Å². The highest BCUT2D eigenvalue weighted by molar-refractivity contribution is 6.34. The number of para-hydroxylation sites is 1. The SMILES string of the molecule is CC(C)N1c2ccc(/C=C(/C#N)C(=O)Nc3ccccc3Cl)cc2[C@H](C)CC1(C)C. The van der Waals surface area contributed by atoms with Crippen molar-refractivity contribution in [2.75, 3.05) is 10.2 Å². The average molecular weight is 422 g/mol. The fraction of sp³-hybridized carbons (Fsp3) is 0.360. The summed E-state index contributed by atoms with van der Waals surface area (Å²) in [5.74, 6) is -0.0813. The zero-order chi connectivity index (χ0) is 22.1. The van der Waals surface area contributed by atoms with E-state index in [9.17, 15) is 10.1 Å². The maximum atomic E-state index is 12.6. The van der Waals surface area contributed by atoms with Crippen molar-refractivity contribution in [3.63, 3.8) is 0 Å². The predicted octanol–water partition coefficient (Wildman–Crippen LogP) is 6.39. The number of carbonyl (C=O) groups is 1. The highest BCUT2D eigenvalue weighted by Crippen LogP contribution is 2.44. The summed E-state index contributed by atoms with van der Waals surface area (Å²) < 4.78 is 0. The molecule has 2 aromatic rings. The van der Waals surface area contributed by atoms with Gasteiger partial charge in [0.25, 0.3) is 5.91 Å². The minimum Gasteiger partial charge on any atom is -0.364 e. The highest BCUT2D eigenvalue weighted by Gasteiger charge is 2.37. The van der Waals surface area contributed by atoms with Crippen LogP contribution in [0.4, 0.5) is 11.4 Å². The molecular formula is C25H28ClN3O. The monoisotopic (exact) mass is 421 g/mol. The van der Waals surface area contributed by atoms with Gasteiger partial charge in [0.05, 0.1) is 10.7 Å². The second-order valence-corrected chi connectivity index (χ2v) is 9.21. The van der Waals surface area contributed by atoms with Crippen molar-refractivity contribution in [1.82, 2.24) is 0 Å². The molecule has 5 heteroatoms. The lowest BCUT2D eigenvalue weighted by molar-refractivity contribution is -0.112. The van der Waals surface area contributed by atoms with Crippen molar-refractivity contribution in [2.45, 2.75) is 58.5 Å². The van der Waals surface area contributed by atoms with Gasteiger partial charge in [0.15, 0.2) is 0 Å². The number of nitrogens with one attached hydrogen (secondary N) is 1. The van der Waals surface area contributed by atoms with Gasteiger partial charge in [-0.15, -0.1) is 0 Å². The smallest absolute Gasteiger partial charge is 0.266 e. The highest BCUT2D eigenvalue weighted by atomic mass is 35.5.